The van der Waals surface area contributed by atoms with E-state index in [-0.39, 0.29) is 32.2 Å². The van der Waals surface area contributed by atoms with E-state index in [1.165, 1.54) is 11.8 Å². The van der Waals surface area contributed by atoms with Gasteiger partial charge in [-0.3, -0.25) is 4.79 Å². The average molecular weight is 243 g/mol. The molecule has 0 bridgehead atoms. The molecule has 1 unspecified atom stereocenters. The van der Waals surface area contributed by atoms with Gasteiger partial charge in [-0.2, -0.15) is 0 Å². The van der Waals surface area contributed by atoms with Crippen LogP contribution in [-0.2, 0) is 22.6 Å². The van der Waals surface area contributed by atoms with Crippen molar-refractivity contribution in [2.24, 2.45) is 5.73 Å². The molecule has 0 fully saturated rings. The molecule has 1 amide bonds. The molecule has 0 aliphatic heterocycles. The van der Waals surface area contributed by atoms with E-state index in [9.17, 15) is 4.79 Å². The van der Waals surface area contributed by atoms with Crippen molar-refractivity contribution in [2.45, 2.75) is 19.1 Å². The van der Waals surface area contributed by atoms with Crippen LogP contribution >= 0.6 is 0 Å². The average Bonchev–Trinajstić information content (AvgIpc) is 2.76. The predicted molar refractivity (Wildman–Crippen MR) is 58.8 cm³/mol. The highest BCUT2D eigenvalue weighted by molar-refractivity contribution is 5.75. The standard InChI is InChI=1S/C9H17N5O3/c1-17-6-8(5-15)11-9(16)4-14-3-7(2-10)12-13-14/h3,8,15H,2,4-6,10H2,1H3,(H,11,16). The molecule has 0 radical (unpaired) electrons. The zero-order valence-electron chi connectivity index (χ0n) is 9.67. The number of hydrogen-bond donors (Lipinski definition) is 3. The molecule has 0 saturated heterocycles. The second-order valence-electron chi connectivity index (χ2n) is 3.51. The number of carbonyl (C=O) groups is 1. The van der Waals surface area contributed by atoms with E-state index in [1.807, 2.05) is 0 Å². The largest absolute Gasteiger partial charge is 0.394 e. The van der Waals surface area contributed by atoms with Crippen LogP contribution in [0.4, 0.5) is 0 Å². The zero-order valence-corrected chi connectivity index (χ0v) is 9.67. The number of aliphatic hydroxyl groups is 1. The number of nitrogens with one attached hydrogen (secondary N) is 1. The lowest BCUT2D eigenvalue weighted by Gasteiger charge is -2.14. The Labute approximate surface area is 98.7 Å². The molecule has 8 heteroatoms. The molecule has 0 aromatic carbocycles. The van der Waals surface area contributed by atoms with Crippen molar-refractivity contribution in [1.29, 1.82) is 0 Å². The van der Waals surface area contributed by atoms with Gasteiger partial charge in [0.05, 0.1) is 31.1 Å². The van der Waals surface area contributed by atoms with Gasteiger partial charge in [0.15, 0.2) is 0 Å². The lowest BCUT2D eigenvalue weighted by Crippen LogP contribution is -2.42. The first-order valence-corrected chi connectivity index (χ1v) is 5.17. The Bertz CT molecular complexity index is 354. The van der Waals surface area contributed by atoms with Crippen molar-refractivity contribution >= 4 is 5.91 Å². The summed E-state index contributed by atoms with van der Waals surface area (Å²) in [4.78, 5) is 11.6. The number of methoxy groups -OCH3 is 1. The number of carbonyl (C=O) groups excluding carboxylic acids is 1. The Morgan fingerprint density at radius 2 is 2.53 bits per heavy atom. The molecular weight excluding hydrogens is 226 g/mol. The number of rotatable bonds is 7. The van der Waals surface area contributed by atoms with Crippen molar-refractivity contribution in [3.63, 3.8) is 0 Å². The summed E-state index contributed by atoms with van der Waals surface area (Å²) in [6.45, 7) is 0.399. The molecule has 0 aliphatic rings. The first-order chi connectivity index (χ1) is 8.19. The van der Waals surface area contributed by atoms with Crippen LogP contribution in [0, 0.1) is 0 Å². The molecule has 1 aromatic rings. The fourth-order valence-electron chi connectivity index (χ4n) is 1.27. The number of aromatic nitrogens is 3. The lowest BCUT2D eigenvalue weighted by atomic mass is 10.3. The van der Waals surface area contributed by atoms with Gasteiger partial charge >= 0.3 is 0 Å². The van der Waals surface area contributed by atoms with E-state index < -0.39 is 6.04 Å². The molecule has 0 saturated carbocycles. The molecule has 1 aromatic heterocycles. The minimum atomic E-state index is -0.412. The van der Waals surface area contributed by atoms with E-state index >= 15 is 0 Å². The lowest BCUT2D eigenvalue weighted by molar-refractivity contribution is -0.123. The molecule has 0 spiro atoms. The Balaban J connectivity index is 2.42. The van der Waals surface area contributed by atoms with Gasteiger partial charge in [0.25, 0.3) is 0 Å². The molecule has 96 valence electrons. The highest BCUT2D eigenvalue weighted by atomic mass is 16.5. The summed E-state index contributed by atoms with van der Waals surface area (Å²) >= 11 is 0. The van der Waals surface area contributed by atoms with Crippen LogP contribution in [0.2, 0.25) is 0 Å². The van der Waals surface area contributed by atoms with Gasteiger partial charge in [-0.25, -0.2) is 4.68 Å². The second-order valence-corrected chi connectivity index (χ2v) is 3.51. The Kier molecular flexibility index (Phi) is 5.53. The smallest absolute Gasteiger partial charge is 0.242 e. The fourth-order valence-corrected chi connectivity index (χ4v) is 1.27. The Hall–Kier alpha value is -1.51. The molecule has 17 heavy (non-hydrogen) atoms. The third-order valence-electron chi connectivity index (χ3n) is 2.05. The predicted octanol–water partition coefficient (Wildman–Crippen LogP) is -2.14. The van der Waals surface area contributed by atoms with Gasteiger partial charge in [0.2, 0.25) is 5.91 Å². The maximum atomic E-state index is 11.6. The monoisotopic (exact) mass is 243 g/mol. The minimum Gasteiger partial charge on any atom is -0.394 e. The molecule has 0 aliphatic carbocycles. The summed E-state index contributed by atoms with van der Waals surface area (Å²) in [5.74, 6) is -0.269. The second kappa shape index (κ2) is 6.94. The maximum absolute atomic E-state index is 11.6. The number of aliphatic hydroxyl groups excluding tert-OH is 1. The van der Waals surface area contributed by atoms with Crippen LogP contribution in [0.15, 0.2) is 6.20 Å². The Morgan fingerprint density at radius 3 is 3.06 bits per heavy atom. The normalized spacial score (nSPS) is 12.4. The number of hydrogen-bond acceptors (Lipinski definition) is 6. The summed E-state index contributed by atoms with van der Waals surface area (Å²) in [5.41, 5.74) is 5.99. The minimum absolute atomic E-state index is 0.0349. The number of amides is 1. The van der Waals surface area contributed by atoms with Crippen molar-refractivity contribution in [2.75, 3.05) is 20.3 Å². The highest BCUT2D eigenvalue weighted by Gasteiger charge is 2.12. The van der Waals surface area contributed by atoms with E-state index in [0.29, 0.717) is 5.69 Å². The fraction of sp³-hybridized carbons (Fsp3) is 0.667. The van der Waals surface area contributed by atoms with E-state index in [1.54, 1.807) is 6.20 Å². The van der Waals surface area contributed by atoms with E-state index in [0.717, 1.165) is 0 Å². The van der Waals surface area contributed by atoms with Crippen molar-refractivity contribution in [1.82, 2.24) is 20.3 Å². The van der Waals surface area contributed by atoms with Gasteiger partial charge in [-0.05, 0) is 0 Å². The number of nitrogens with two attached hydrogens (primary N) is 1. The maximum Gasteiger partial charge on any atom is 0.242 e. The summed E-state index contributed by atoms with van der Waals surface area (Å²) < 4.78 is 6.23. The van der Waals surface area contributed by atoms with Crippen molar-refractivity contribution < 1.29 is 14.6 Å². The summed E-state index contributed by atoms with van der Waals surface area (Å²) in [7, 11) is 1.50. The van der Waals surface area contributed by atoms with E-state index in [2.05, 4.69) is 15.6 Å². The van der Waals surface area contributed by atoms with Gasteiger partial charge in [0, 0.05) is 13.7 Å². The van der Waals surface area contributed by atoms with Crippen LogP contribution in [0.25, 0.3) is 0 Å². The third kappa shape index (κ3) is 4.47. The van der Waals surface area contributed by atoms with E-state index in [4.69, 9.17) is 15.6 Å². The first kappa shape index (κ1) is 13.6. The molecule has 1 atom stereocenters. The third-order valence-corrected chi connectivity index (χ3v) is 2.05. The van der Waals surface area contributed by atoms with Crippen LogP contribution in [-0.4, -0.2) is 52.4 Å². The highest BCUT2D eigenvalue weighted by Crippen LogP contribution is 1.91. The van der Waals surface area contributed by atoms with Gasteiger partial charge in [0.1, 0.15) is 6.54 Å². The number of ether oxygens (including phenoxy) is 1. The summed E-state index contributed by atoms with van der Waals surface area (Å²) in [5, 5.41) is 19.1. The number of nitrogens with zero attached hydrogens (tertiary/aromatic N) is 3. The van der Waals surface area contributed by atoms with Crippen LogP contribution in [0.3, 0.4) is 0 Å². The SMILES string of the molecule is COCC(CO)NC(=O)Cn1cc(CN)nn1. The van der Waals surface area contributed by atoms with Crippen LogP contribution in [0.5, 0.6) is 0 Å². The zero-order chi connectivity index (χ0) is 12.7. The van der Waals surface area contributed by atoms with Crippen molar-refractivity contribution in [3.8, 4) is 0 Å². The Morgan fingerprint density at radius 1 is 1.76 bits per heavy atom. The molecule has 4 N–H and O–H groups in total. The topological polar surface area (TPSA) is 115 Å². The quantitative estimate of drug-likeness (QED) is 0.503. The van der Waals surface area contributed by atoms with Crippen LogP contribution in [0.1, 0.15) is 5.69 Å². The van der Waals surface area contributed by atoms with Gasteiger partial charge in [-0.15, -0.1) is 5.10 Å². The van der Waals surface area contributed by atoms with Gasteiger partial charge < -0.3 is 20.9 Å². The molecule has 8 nitrogen and oxygen atoms in total. The van der Waals surface area contributed by atoms with Gasteiger partial charge in [-0.1, -0.05) is 5.21 Å². The van der Waals surface area contributed by atoms with Crippen molar-refractivity contribution in [3.05, 3.63) is 11.9 Å². The van der Waals surface area contributed by atoms with Crippen LogP contribution < -0.4 is 11.1 Å². The molecule has 1 rings (SSSR count). The summed E-state index contributed by atoms with van der Waals surface area (Å²) in [6, 6.07) is -0.412. The summed E-state index contributed by atoms with van der Waals surface area (Å²) in [6.07, 6.45) is 1.60. The molecular formula is C9H17N5O3. The first-order valence-electron chi connectivity index (χ1n) is 5.17. The molecule has 1 heterocycles.